The third kappa shape index (κ3) is 10.3. The molecule has 1 aromatic rings. The molecule has 8 heteroatoms. The van der Waals surface area contributed by atoms with Crippen LogP contribution < -0.4 is 21.1 Å². The highest BCUT2D eigenvalue weighted by Gasteiger charge is 2.01. The van der Waals surface area contributed by atoms with Crippen LogP contribution in [0.4, 0.5) is 0 Å². The predicted molar refractivity (Wildman–Crippen MR) is 106 cm³/mol. The number of hydrogen-bond donors (Lipinski definition) is 3. The first-order valence-corrected chi connectivity index (χ1v) is 7.67. The van der Waals surface area contributed by atoms with Gasteiger partial charge in [-0.2, -0.15) is 0 Å². The van der Waals surface area contributed by atoms with Gasteiger partial charge in [-0.25, -0.2) is 4.99 Å². The molecule has 1 rings (SSSR count). The third-order valence-corrected chi connectivity index (χ3v) is 2.86. The number of primary amides is 1. The second kappa shape index (κ2) is 13.8. The largest absolute Gasteiger partial charge is 0.484 e. The Morgan fingerprint density at radius 3 is 2.79 bits per heavy atom. The summed E-state index contributed by atoms with van der Waals surface area (Å²) in [5, 5.41) is 6.44. The summed E-state index contributed by atoms with van der Waals surface area (Å²) in [4.78, 5) is 15.3. The zero-order valence-corrected chi connectivity index (χ0v) is 16.5. The molecule has 0 heterocycles. The minimum Gasteiger partial charge on any atom is -0.484 e. The van der Waals surface area contributed by atoms with Crippen molar-refractivity contribution in [2.24, 2.45) is 10.7 Å². The van der Waals surface area contributed by atoms with Gasteiger partial charge in [0.05, 0.1) is 6.54 Å². The Kier molecular flexibility index (Phi) is 13.0. The van der Waals surface area contributed by atoms with Crippen LogP contribution in [-0.4, -0.2) is 45.3 Å². The van der Waals surface area contributed by atoms with Crippen molar-refractivity contribution in [1.29, 1.82) is 0 Å². The maximum absolute atomic E-state index is 10.7. The van der Waals surface area contributed by atoms with Gasteiger partial charge in [-0.05, 0) is 31.0 Å². The SMILES string of the molecule is CCNC(=NCc1cccc(OCC(N)=O)c1)NCCCOC.I. The Balaban J connectivity index is 0.00000529. The highest BCUT2D eigenvalue weighted by atomic mass is 127. The molecule has 0 bridgehead atoms. The van der Waals surface area contributed by atoms with Crippen molar-refractivity contribution in [3.8, 4) is 5.75 Å². The Bertz CT molecular complexity index is 512. The number of guanidine groups is 1. The van der Waals surface area contributed by atoms with E-state index in [1.165, 1.54) is 0 Å². The third-order valence-electron chi connectivity index (χ3n) is 2.86. The molecule has 0 atom stereocenters. The average molecular weight is 450 g/mol. The molecule has 0 aromatic heterocycles. The number of carbonyl (C=O) groups excluding carboxylic acids is 1. The van der Waals surface area contributed by atoms with Crippen LogP contribution in [0.3, 0.4) is 0 Å². The fourth-order valence-electron chi connectivity index (χ4n) is 1.82. The second-order valence-electron chi connectivity index (χ2n) is 4.87. The van der Waals surface area contributed by atoms with E-state index in [-0.39, 0.29) is 30.6 Å². The van der Waals surface area contributed by atoms with Crippen LogP contribution in [0.5, 0.6) is 5.75 Å². The lowest BCUT2D eigenvalue weighted by Gasteiger charge is -2.11. The first-order chi connectivity index (χ1) is 11.2. The molecule has 0 aliphatic carbocycles. The predicted octanol–water partition coefficient (Wildman–Crippen LogP) is 1.26. The molecule has 0 spiro atoms. The number of nitrogens with two attached hydrogens (primary N) is 1. The van der Waals surface area contributed by atoms with E-state index in [2.05, 4.69) is 15.6 Å². The van der Waals surface area contributed by atoms with Crippen molar-refractivity contribution in [2.45, 2.75) is 19.9 Å². The van der Waals surface area contributed by atoms with E-state index < -0.39 is 5.91 Å². The summed E-state index contributed by atoms with van der Waals surface area (Å²) in [5.41, 5.74) is 6.05. The van der Waals surface area contributed by atoms with Crippen molar-refractivity contribution < 1.29 is 14.3 Å². The first-order valence-electron chi connectivity index (χ1n) is 7.67. The van der Waals surface area contributed by atoms with E-state index in [0.717, 1.165) is 31.0 Å². The molecule has 0 unspecified atom stereocenters. The fourth-order valence-corrected chi connectivity index (χ4v) is 1.82. The molecule has 0 aliphatic rings. The Labute approximate surface area is 160 Å². The van der Waals surface area contributed by atoms with Crippen molar-refractivity contribution in [2.75, 3.05) is 33.4 Å². The van der Waals surface area contributed by atoms with Gasteiger partial charge in [0.2, 0.25) is 0 Å². The zero-order valence-electron chi connectivity index (χ0n) is 14.2. The molecule has 7 nitrogen and oxygen atoms in total. The number of halogens is 1. The zero-order chi connectivity index (χ0) is 16.9. The monoisotopic (exact) mass is 450 g/mol. The maximum atomic E-state index is 10.7. The van der Waals surface area contributed by atoms with Gasteiger partial charge in [-0.15, -0.1) is 24.0 Å². The van der Waals surface area contributed by atoms with Gasteiger partial charge in [0.15, 0.2) is 12.6 Å². The van der Waals surface area contributed by atoms with Crippen molar-refractivity contribution in [3.63, 3.8) is 0 Å². The lowest BCUT2D eigenvalue weighted by molar-refractivity contribution is -0.119. The van der Waals surface area contributed by atoms with Gasteiger partial charge >= 0.3 is 0 Å². The summed E-state index contributed by atoms with van der Waals surface area (Å²) in [7, 11) is 1.69. The van der Waals surface area contributed by atoms with Crippen molar-refractivity contribution in [1.82, 2.24) is 10.6 Å². The van der Waals surface area contributed by atoms with E-state index in [4.69, 9.17) is 15.2 Å². The molecule has 1 amide bonds. The number of ether oxygens (including phenoxy) is 2. The van der Waals surface area contributed by atoms with Crippen molar-refractivity contribution >= 4 is 35.8 Å². The molecule has 24 heavy (non-hydrogen) atoms. The Morgan fingerprint density at radius 2 is 2.12 bits per heavy atom. The topological polar surface area (TPSA) is 98.0 Å². The fraction of sp³-hybridized carbons (Fsp3) is 0.500. The average Bonchev–Trinajstić information content (AvgIpc) is 2.55. The minimum absolute atomic E-state index is 0. The minimum atomic E-state index is -0.497. The van der Waals surface area contributed by atoms with Crippen molar-refractivity contribution in [3.05, 3.63) is 29.8 Å². The summed E-state index contributed by atoms with van der Waals surface area (Å²) >= 11 is 0. The van der Waals surface area contributed by atoms with Gasteiger partial charge in [-0.3, -0.25) is 4.79 Å². The molecule has 1 aromatic carbocycles. The molecule has 4 N–H and O–H groups in total. The van der Waals surface area contributed by atoms with Crippen LogP contribution in [0.25, 0.3) is 0 Å². The number of benzene rings is 1. The lowest BCUT2D eigenvalue weighted by Crippen LogP contribution is -2.38. The smallest absolute Gasteiger partial charge is 0.255 e. The number of rotatable bonds is 10. The molecule has 0 fully saturated rings. The normalized spacial score (nSPS) is 10.7. The van der Waals surface area contributed by atoms with E-state index in [1.807, 2.05) is 25.1 Å². The molecule has 0 saturated carbocycles. The molecular weight excluding hydrogens is 423 g/mol. The van der Waals surface area contributed by atoms with Crippen LogP contribution in [-0.2, 0) is 16.1 Å². The quantitative estimate of drug-likeness (QED) is 0.216. The summed E-state index contributed by atoms with van der Waals surface area (Å²) in [6.45, 7) is 4.69. The number of nitrogens with one attached hydrogen (secondary N) is 2. The number of carbonyl (C=O) groups is 1. The van der Waals surface area contributed by atoms with E-state index >= 15 is 0 Å². The number of nitrogens with zero attached hydrogens (tertiary/aromatic N) is 1. The van der Waals surface area contributed by atoms with E-state index in [1.54, 1.807) is 13.2 Å². The van der Waals surface area contributed by atoms with Gasteiger partial charge in [0, 0.05) is 26.8 Å². The van der Waals surface area contributed by atoms with E-state index in [9.17, 15) is 4.79 Å². The summed E-state index contributed by atoms with van der Waals surface area (Å²) in [6.07, 6.45) is 0.914. The molecule has 0 aliphatic heterocycles. The number of aliphatic imine (C=N–C) groups is 1. The molecular formula is C16H27IN4O3. The molecule has 0 radical (unpaired) electrons. The van der Waals surface area contributed by atoms with Crippen LogP contribution >= 0.6 is 24.0 Å². The summed E-state index contributed by atoms with van der Waals surface area (Å²) in [6, 6.07) is 7.44. The highest BCUT2D eigenvalue weighted by molar-refractivity contribution is 14.0. The standard InChI is InChI=1S/C16H26N4O3.HI/c1-3-18-16(19-8-5-9-22-2)20-11-13-6-4-7-14(10-13)23-12-15(17)21;/h4,6-7,10H,3,5,8-9,11-12H2,1-2H3,(H2,17,21)(H2,18,19,20);1H. The van der Waals surface area contributed by atoms with Gasteiger partial charge in [0.1, 0.15) is 5.75 Å². The maximum Gasteiger partial charge on any atom is 0.255 e. The van der Waals surface area contributed by atoms with Crippen LogP contribution in [0, 0.1) is 0 Å². The van der Waals surface area contributed by atoms with E-state index in [0.29, 0.717) is 18.9 Å². The Hall–Kier alpha value is -1.55. The Morgan fingerprint density at radius 1 is 1.33 bits per heavy atom. The summed E-state index contributed by atoms with van der Waals surface area (Å²) in [5.74, 6) is 0.865. The summed E-state index contributed by atoms with van der Waals surface area (Å²) < 4.78 is 10.3. The first kappa shape index (κ1) is 22.4. The van der Waals surface area contributed by atoms with Gasteiger partial charge < -0.3 is 25.8 Å². The van der Waals surface area contributed by atoms with Crippen LogP contribution in [0.1, 0.15) is 18.9 Å². The lowest BCUT2D eigenvalue weighted by atomic mass is 10.2. The van der Waals surface area contributed by atoms with Crippen LogP contribution in [0.15, 0.2) is 29.3 Å². The van der Waals surface area contributed by atoms with Crippen LogP contribution in [0.2, 0.25) is 0 Å². The van der Waals surface area contributed by atoms with Gasteiger partial charge in [-0.1, -0.05) is 12.1 Å². The molecule has 0 saturated heterocycles. The van der Waals surface area contributed by atoms with Gasteiger partial charge in [0.25, 0.3) is 5.91 Å². The number of amides is 1. The highest BCUT2D eigenvalue weighted by Crippen LogP contribution is 2.13. The second-order valence-corrected chi connectivity index (χ2v) is 4.87. The number of methoxy groups -OCH3 is 1. The number of hydrogen-bond acceptors (Lipinski definition) is 4. The molecule has 136 valence electrons.